The van der Waals surface area contributed by atoms with E-state index in [1.807, 2.05) is 24.3 Å². The summed E-state index contributed by atoms with van der Waals surface area (Å²) in [6, 6.07) is 15.0. The van der Waals surface area contributed by atoms with Gasteiger partial charge in [-0.1, -0.05) is 41.4 Å². The first-order valence-corrected chi connectivity index (χ1v) is 9.71. The van der Waals surface area contributed by atoms with Gasteiger partial charge in [0.15, 0.2) is 0 Å². The fraction of sp³-hybridized carbons (Fsp3) is 0.100. The van der Waals surface area contributed by atoms with E-state index in [0.29, 0.717) is 21.4 Å². The Labute approximate surface area is 170 Å². The molecule has 0 fully saturated rings. The maximum Gasteiger partial charge on any atom is 0.341 e. The fourth-order valence-corrected chi connectivity index (χ4v) is 3.56. The van der Waals surface area contributed by atoms with Crippen LogP contribution in [0.4, 0.5) is 4.39 Å². The molecule has 0 spiro atoms. The smallest absolute Gasteiger partial charge is 0.341 e. The van der Waals surface area contributed by atoms with Crippen LogP contribution in [0.3, 0.4) is 0 Å². The van der Waals surface area contributed by atoms with Crippen LogP contribution in [0.5, 0.6) is 0 Å². The average molecular weight is 422 g/mol. The number of carbonyl (C=O) groups is 1. The van der Waals surface area contributed by atoms with Crippen LogP contribution in [0.25, 0.3) is 0 Å². The van der Waals surface area contributed by atoms with E-state index in [0.717, 1.165) is 5.56 Å². The summed E-state index contributed by atoms with van der Waals surface area (Å²) in [5.41, 5.74) is 1.52. The van der Waals surface area contributed by atoms with E-state index < -0.39 is 11.8 Å². The molecule has 0 saturated heterocycles. The minimum Gasteiger partial charge on any atom is -0.457 e. The van der Waals surface area contributed by atoms with Crippen molar-refractivity contribution in [2.75, 3.05) is 0 Å². The molecule has 7 heteroatoms. The van der Waals surface area contributed by atoms with Gasteiger partial charge in [-0.15, -0.1) is 11.8 Å². The standard InChI is InChI=1S/C20H14Cl2FNO2S/c21-14-8-6-13(7-9-14)12-27-19-15(3-2-10-24-19)20(25)26-11-16-17(22)4-1-5-18(16)23/h1-10H,11-12H2. The van der Waals surface area contributed by atoms with Crippen LogP contribution in [0, 0.1) is 5.82 Å². The van der Waals surface area contributed by atoms with Crippen molar-refractivity contribution in [1.29, 1.82) is 0 Å². The number of halogens is 3. The molecule has 1 heterocycles. The Balaban J connectivity index is 1.69. The van der Waals surface area contributed by atoms with E-state index in [9.17, 15) is 9.18 Å². The Morgan fingerprint density at radius 3 is 2.59 bits per heavy atom. The number of thioether (sulfide) groups is 1. The van der Waals surface area contributed by atoms with Crippen LogP contribution in [0.2, 0.25) is 10.0 Å². The summed E-state index contributed by atoms with van der Waals surface area (Å²) in [5, 5.41) is 1.42. The lowest BCUT2D eigenvalue weighted by Crippen LogP contribution is -2.08. The van der Waals surface area contributed by atoms with E-state index in [-0.39, 0.29) is 17.2 Å². The van der Waals surface area contributed by atoms with Gasteiger partial charge in [0.2, 0.25) is 0 Å². The lowest BCUT2D eigenvalue weighted by atomic mass is 10.2. The van der Waals surface area contributed by atoms with Gasteiger partial charge in [-0.2, -0.15) is 0 Å². The Kier molecular flexibility index (Phi) is 6.72. The Bertz CT molecular complexity index is 931. The molecule has 0 aliphatic rings. The van der Waals surface area contributed by atoms with E-state index in [1.165, 1.54) is 23.9 Å². The maximum absolute atomic E-state index is 13.8. The third-order valence-electron chi connectivity index (χ3n) is 3.69. The summed E-state index contributed by atoms with van der Waals surface area (Å²) in [5.74, 6) is -0.479. The predicted octanol–water partition coefficient (Wildman–Crippen LogP) is 6.18. The number of hydrogen-bond acceptors (Lipinski definition) is 4. The number of benzene rings is 2. The fourth-order valence-electron chi connectivity index (χ4n) is 2.28. The summed E-state index contributed by atoms with van der Waals surface area (Å²) >= 11 is 13.3. The number of aromatic nitrogens is 1. The highest BCUT2D eigenvalue weighted by atomic mass is 35.5. The van der Waals surface area contributed by atoms with Gasteiger partial charge in [-0.25, -0.2) is 14.2 Å². The first kappa shape index (κ1) is 19.7. The highest BCUT2D eigenvalue weighted by Gasteiger charge is 2.16. The SMILES string of the molecule is O=C(OCc1c(F)cccc1Cl)c1cccnc1SCc1ccc(Cl)cc1. The summed E-state index contributed by atoms with van der Waals surface area (Å²) in [6.45, 7) is -0.249. The first-order chi connectivity index (χ1) is 13.0. The van der Waals surface area contributed by atoms with Crippen molar-refractivity contribution in [3.63, 3.8) is 0 Å². The van der Waals surface area contributed by atoms with Crippen molar-refractivity contribution in [1.82, 2.24) is 4.98 Å². The molecule has 1 aromatic heterocycles. The molecule has 0 N–H and O–H groups in total. The molecule has 3 rings (SSSR count). The molecule has 138 valence electrons. The van der Waals surface area contributed by atoms with Gasteiger partial charge in [-0.3, -0.25) is 0 Å². The molecular weight excluding hydrogens is 408 g/mol. The molecule has 0 unspecified atom stereocenters. The number of pyridine rings is 1. The lowest BCUT2D eigenvalue weighted by Gasteiger charge is -2.10. The molecule has 2 aromatic carbocycles. The van der Waals surface area contributed by atoms with Gasteiger partial charge in [0.1, 0.15) is 17.5 Å². The normalized spacial score (nSPS) is 10.6. The van der Waals surface area contributed by atoms with Crippen LogP contribution in [0.1, 0.15) is 21.5 Å². The van der Waals surface area contributed by atoms with Crippen molar-refractivity contribution in [3.05, 3.63) is 93.3 Å². The minimum absolute atomic E-state index is 0.145. The number of carbonyl (C=O) groups excluding carboxylic acids is 1. The number of nitrogens with zero attached hydrogens (tertiary/aromatic N) is 1. The van der Waals surface area contributed by atoms with Crippen molar-refractivity contribution in [2.24, 2.45) is 0 Å². The van der Waals surface area contributed by atoms with Gasteiger partial charge >= 0.3 is 5.97 Å². The number of rotatable bonds is 6. The van der Waals surface area contributed by atoms with Crippen LogP contribution in [0.15, 0.2) is 65.8 Å². The molecule has 0 aliphatic heterocycles. The second-order valence-corrected chi connectivity index (χ2v) is 7.36. The number of ether oxygens (including phenoxy) is 1. The van der Waals surface area contributed by atoms with E-state index in [4.69, 9.17) is 27.9 Å². The van der Waals surface area contributed by atoms with E-state index in [1.54, 1.807) is 24.4 Å². The molecule has 27 heavy (non-hydrogen) atoms. The third kappa shape index (κ3) is 5.22. The van der Waals surface area contributed by atoms with E-state index in [2.05, 4.69) is 4.98 Å². The van der Waals surface area contributed by atoms with Gasteiger partial charge in [0.25, 0.3) is 0 Å². The summed E-state index contributed by atoms with van der Waals surface area (Å²) in [6.07, 6.45) is 1.61. The lowest BCUT2D eigenvalue weighted by molar-refractivity contribution is 0.0464. The van der Waals surface area contributed by atoms with Crippen LogP contribution in [-0.4, -0.2) is 11.0 Å². The molecule has 0 radical (unpaired) electrons. The molecule has 0 bridgehead atoms. The zero-order valence-electron chi connectivity index (χ0n) is 14.0. The number of esters is 1. The van der Waals surface area contributed by atoms with Crippen LogP contribution < -0.4 is 0 Å². The Morgan fingerprint density at radius 2 is 1.85 bits per heavy atom. The second-order valence-electron chi connectivity index (χ2n) is 5.55. The van der Waals surface area contributed by atoms with Crippen molar-refractivity contribution < 1.29 is 13.9 Å². The van der Waals surface area contributed by atoms with E-state index >= 15 is 0 Å². The summed E-state index contributed by atoms with van der Waals surface area (Å²) < 4.78 is 19.1. The van der Waals surface area contributed by atoms with Crippen molar-refractivity contribution >= 4 is 40.9 Å². The monoisotopic (exact) mass is 421 g/mol. The molecular formula is C20H14Cl2FNO2S. The maximum atomic E-state index is 13.8. The topological polar surface area (TPSA) is 39.2 Å². The van der Waals surface area contributed by atoms with Crippen molar-refractivity contribution in [2.45, 2.75) is 17.4 Å². The highest BCUT2D eigenvalue weighted by molar-refractivity contribution is 7.98. The van der Waals surface area contributed by atoms with Gasteiger partial charge in [-0.05, 0) is 42.0 Å². The molecule has 0 atom stereocenters. The first-order valence-electron chi connectivity index (χ1n) is 7.97. The third-order valence-corrected chi connectivity index (χ3v) is 5.37. The minimum atomic E-state index is -0.582. The van der Waals surface area contributed by atoms with Crippen LogP contribution in [-0.2, 0) is 17.1 Å². The summed E-state index contributed by atoms with van der Waals surface area (Å²) in [4.78, 5) is 16.7. The largest absolute Gasteiger partial charge is 0.457 e. The molecule has 3 aromatic rings. The summed E-state index contributed by atoms with van der Waals surface area (Å²) in [7, 11) is 0. The number of hydrogen-bond donors (Lipinski definition) is 0. The van der Waals surface area contributed by atoms with Crippen molar-refractivity contribution in [3.8, 4) is 0 Å². The second kappa shape index (κ2) is 9.22. The molecule has 0 saturated carbocycles. The quantitative estimate of drug-likeness (QED) is 0.352. The Morgan fingerprint density at radius 1 is 1.07 bits per heavy atom. The van der Waals surface area contributed by atoms with Gasteiger partial charge < -0.3 is 4.74 Å². The zero-order valence-corrected chi connectivity index (χ0v) is 16.3. The molecule has 3 nitrogen and oxygen atoms in total. The molecule has 0 aliphatic carbocycles. The Hall–Kier alpha value is -2.08. The van der Waals surface area contributed by atoms with Gasteiger partial charge in [0, 0.05) is 22.5 Å². The molecule has 0 amide bonds. The average Bonchev–Trinajstić information content (AvgIpc) is 2.67. The van der Waals surface area contributed by atoms with Gasteiger partial charge in [0.05, 0.1) is 10.6 Å². The van der Waals surface area contributed by atoms with Crippen LogP contribution >= 0.6 is 35.0 Å². The zero-order chi connectivity index (χ0) is 19.2. The highest BCUT2D eigenvalue weighted by Crippen LogP contribution is 2.26. The predicted molar refractivity (Wildman–Crippen MR) is 106 cm³/mol.